The van der Waals surface area contributed by atoms with Crippen LogP contribution in [0.5, 0.6) is 0 Å². The summed E-state index contributed by atoms with van der Waals surface area (Å²) in [6.07, 6.45) is 1.25. The number of carbonyl (C=O) groups is 2. The van der Waals surface area contributed by atoms with E-state index in [1.807, 2.05) is 39.0 Å². The van der Waals surface area contributed by atoms with Crippen LogP contribution in [0.15, 0.2) is 18.2 Å². The molecule has 0 radical (unpaired) electrons. The summed E-state index contributed by atoms with van der Waals surface area (Å²) in [7, 11) is 0. The van der Waals surface area contributed by atoms with Crippen molar-refractivity contribution in [3.63, 3.8) is 0 Å². The molecule has 1 aromatic carbocycles. The lowest BCUT2D eigenvalue weighted by Gasteiger charge is -2.11. The quantitative estimate of drug-likeness (QED) is 0.851. The molecule has 0 spiro atoms. The van der Waals surface area contributed by atoms with Crippen molar-refractivity contribution in [3.05, 3.63) is 40.7 Å². The molecule has 1 amide bonds. The van der Waals surface area contributed by atoms with Crippen molar-refractivity contribution in [1.82, 2.24) is 15.0 Å². The predicted molar refractivity (Wildman–Crippen MR) is 85.5 cm³/mol. The number of carboxylic acids is 1. The fourth-order valence-electron chi connectivity index (χ4n) is 2.32. The second kappa shape index (κ2) is 7.04. The highest BCUT2D eigenvalue weighted by molar-refractivity contribution is 5.92. The van der Waals surface area contributed by atoms with Crippen molar-refractivity contribution < 1.29 is 14.7 Å². The van der Waals surface area contributed by atoms with Crippen LogP contribution in [0.25, 0.3) is 0 Å². The summed E-state index contributed by atoms with van der Waals surface area (Å²) >= 11 is 0. The Kier molecular flexibility index (Phi) is 5.10. The van der Waals surface area contributed by atoms with Gasteiger partial charge in [0, 0.05) is 5.69 Å². The molecule has 0 atom stereocenters. The number of anilines is 1. The zero-order valence-electron chi connectivity index (χ0n) is 13.5. The maximum atomic E-state index is 12.2. The number of hydrogen-bond acceptors (Lipinski definition) is 4. The van der Waals surface area contributed by atoms with Crippen molar-refractivity contribution in [2.75, 3.05) is 5.32 Å². The summed E-state index contributed by atoms with van der Waals surface area (Å²) < 4.78 is 1.35. The van der Waals surface area contributed by atoms with E-state index in [2.05, 4.69) is 15.6 Å². The Bertz CT molecular complexity index is 737. The summed E-state index contributed by atoms with van der Waals surface area (Å²) in [6.45, 7) is 5.77. The van der Waals surface area contributed by atoms with E-state index in [0.29, 0.717) is 12.1 Å². The number of rotatable bonds is 6. The first-order valence-electron chi connectivity index (χ1n) is 7.45. The minimum Gasteiger partial charge on any atom is -0.476 e. The van der Waals surface area contributed by atoms with Gasteiger partial charge in [-0.05, 0) is 37.5 Å². The van der Waals surface area contributed by atoms with Gasteiger partial charge in [0.15, 0.2) is 5.69 Å². The SMILES string of the molecule is CCCc1c(C(=O)O)nnn1CC(=O)Nc1cccc(C)c1C. The highest BCUT2D eigenvalue weighted by Crippen LogP contribution is 2.18. The molecule has 7 heteroatoms. The third kappa shape index (κ3) is 3.74. The average molecular weight is 316 g/mol. The summed E-state index contributed by atoms with van der Waals surface area (Å²) in [5, 5.41) is 19.4. The van der Waals surface area contributed by atoms with Crippen molar-refractivity contribution in [2.45, 2.75) is 40.2 Å². The molecule has 0 aliphatic carbocycles. The van der Waals surface area contributed by atoms with Crippen LogP contribution in [0.2, 0.25) is 0 Å². The molecule has 0 aliphatic rings. The monoisotopic (exact) mass is 316 g/mol. The normalized spacial score (nSPS) is 10.6. The number of carboxylic acid groups (broad SMARTS) is 1. The molecule has 0 saturated heterocycles. The van der Waals surface area contributed by atoms with Gasteiger partial charge in [-0.1, -0.05) is 30.7 Å². The zero-order valence-corrected chi connectivity index (χ0v) is 13.5. The Hall–Kier alpha value is -2.70. The average Bonchev–Trinajstić information content (AvgIpc) is 2.87. The van der Waals surface area contributed by atoms with Crippen molar-refractivity contribution in [2.24, 2.45) is 0 Å². The van der Waals surface area contributed by atoms with Crippen molar-refractivity contribution >= 4 is 17.6 Å². The molecule has 122 valence electrons. The van der Waals surface area contributed by atoms with Gasteiger partial charge in [0.1, 0.15) is 6.54 Å². The Morgan fingerprint density at radius 3 is 2.70 bits per heavy atom. The number of nitrogens with zero attached hydrogens (tertiary/aromatic N) is 3. The molecule has 1 aromatic heterocycles. The molecule has 2 N–H and O–H groups in total. The number of aromatic carboxylic acids is 1. The van der Waals surface area contributed by atoms with Crippen LogP contribution in [0.3, 0.4) is 0 Å². The molecule has 23 heavy (non-hydrogen) atoms. The Morgan fingerprint density at radius 1 is 1.30 bits per heavy atom. The van der Waals surface area contributed by atoms with Gasteiger partial charge in [0.25, 0.3) is 0 Å². The maximum absolute atomic E-state index is 12.2. The number of amides is 1. The number of carbonyl (C=O) groups excluding carboxylic acids is 1. The molecule has 0 aliphatic heterocycles. The molecule has 2 rings (SSSR count). The van der Waals surface area contributed by atoms with E-state index in [9.17, 15) is 9.59 Å². The lowest BCUT2D eigenvalue weighted by molar-refractivity contribution is -0.117. The van der Waals surface area contributed by atoms with E-state index in [4.69, 9.17) is 5.11 Å². The number of benzene rings is 1. The van der Waals surface area contributed by atoms with E-state index in [1.165, 1.54) is 4.68 Å². The van der Waals surface area contributed by atoms with Gasteiger partial charge < -0.3 is 10.4 Å². The lowest BCUT2D eigenvalue weighted by atomic mass is 10.1. The summed E-state index contributed by atoms with van der Waals surface area (Å²) in [5.41, 5.74) is 3.20. The smallest absolute Gasteiger partial charge is 0.358 e. The van der Waals surface area contributed by atoms with Gasteiger partial charge in [-0.2, -0.15) is 0 Å². The fourth-order valence-corrected chi connectivity index (χ4v) is 2.32. The van der Waals surface area contributed by atoms with E-state index in [-0.39, 0.29) is 18.1 Å². The third-order valence-electron chi connectivity index (χ3n) is 3.70. The van der Waals surface area contributed by atoms with Crippen LogP contribution < -0.4 is 5.32 Å². The van der Waals surface area contributed by atoms with Gasteiger partial charge in [0.05, 0.1) is 5.69 Å². The van der Waals surface area contributed by atoms with E-state index >= 15 is 0 Å². The number of nitrogens with one attached hydrogen (secondary N) is 1. The molecule has 0 saturated carbocycles. The summed E-state index contributed by atoms with van der Waals surface area (Å²) in [5.74, 6) is -1.40. The topological polar surface area (TPSA) is 97.1 Å². The van der Waals surface area contributed by atoms with E-state index in [0.717, 1.165) is 23.2 Å². The first-order valence-corrected chi connectivity index (χ1v) is 7.45. The summed E-state index contributed by atoms with van der Waals surface area (Å²) in [4.78, 5) is 23.4. The molecule has 0 unspecified atom stereocenters. The first-order chi connectivity index (χ1) is 10.9. The molecule has 1 heterocycles. The molecule has 2 aromatic rings. The molecule has 0 fully saturated rings. The van der Waals surface area contributed by atoms with Crippen LogP contribution in [0, 0.1) is 13.8 Å². The number of aryl methyl sites for hydroxylation is 1. The van der Waals surface area contributed by atoms with Gasteiger partial charge in [-0.25, -0.2) is 9.48 Å². The largest absolute Gasteiger partial charge is 0.476 e. The van der Waals surface area contributed by atoms with E-state index in [1.54, 1.807) is 0 Å². The van der Waals surface area contributed by atoms with Gasteiger partial charge in [-0.15, -0.1) is 5.10 Å². The minimum absolute atomic E-state index is 0.0665. The Balaban J connectivity index is 2.17. The van der Waals surface area contributed by atoms with Crippen LogP contribution in [0.1, 0.15) is 40.7 Å². The molecule has 7 nitrogen and oxygen atoms in total. The Labute approximate surface area is 134 Å². The zero-order chi connectivity index (χ0) is 17.0. The lowest BCUT2D eigenvalue weighted by Crippen LogP contribution is -2.22. The second-order valence-corrected chi connectivity index (χ2v) is 5.39. The molecular formula is C16H20N4O3. The van der Waals surface area contributed by atoms with Crippen molar-refractivity contribution in [3.8, 4) is 0 Å². The third-order valence-corrected chi connectivity index (χ3v) is 3.70. The van der Waals surface area contributed by atoms with E-state index < -0.39 is 5.97 Å². The minimum atomic E-state index is -1.13. The molecular weight excluding hydrogens is 296 g/mol. The standard InChI is InChI=1S/C16H20N4O3/c1-4-6-13-15(16(22)23)18-19-20(13)9-14(21)17-12-8-5-7-10(2)11(12)3/h5,7-8H,4,6,9H2,1-3H3,(H,17,21)(H,22,23). The van der Waals surface area contributed by atoms with Crippen LogP contribution in [0.4, 0.5) is 5.69 Å². The fraction of sp³-hybridized carbons (Fsp3) is 0.375. The van der Waals surface area contributed by atoms with Gasteiger partial charge in [-0.3, -0.25) is 4.79 Å². The maximum Gasteiger partial charge on any atom is 0.358 e. The van der Waals surface area contributed by atoms with Crippen LogP contribution in [-0.4, -0.2) is 32.0 Å². The highest BCUT2D eigenvalue weighted by atomic mass is 16.4. The van der Waals surface area contributed by atoms with Gasteiger partial charge >= 0.3 is 5.97 Å². The molecule has 0 bridgehead atoms. The van der Waals surface area contributed by atoms with Crippen LogP contribution >= 0.6 is 0 Å². The Morgan fingerprint density at radius 2 is 2.04 bits per heavy atom. The number of aromatic nitrogens is 3. The number of hydrogen-bond donors (Lipinski definition) is 2. The van der Waals surface area contributed by atoms with Gasteiger partial charge in [0.2, 0.25) is 5.91 Å². The van der Waals surface area contributed by atoms with Crippen molar-refractivity contribution in [1.29, 1.82) is 0 Å². The highest BCUT2D eigenvalue weighted by Gasteiger charge is 2.19. The summed E-state index contributed by atoms with van der Waals surface area (Å²) in [6, 6.07) is 5.68. The van der Waals surface area contributed by atoms with Crippen LogP contribution in [-0.2, 0) is 17.8 Å². The first kappa shape index (κ1) is 16.7. The predicted octanol–water partition coefficient (Wildman–Crippen LogP) is 2.18. The second-order valence-electron chi connectivity index (χ2n) is 5.39.